The molecule has 0 aromatic carbocycles. The lowest BCUT2D eigenvalue weighted by Crippen LogP contribution is -2.33. The molecular formula is C11H26N2O. The average Bonchev–Trinajstić information content (AvgIpc) is 2.16. The summed E-state index contributed by atoms with van der Waals surface area (Å²) in [7, 11) is 0. The van der Waals surface area contributed by atoms with Crippen LogP contribution in [0.4, 0.5) is 0 Å². The fraction of sp³-hybridized carbons (Fsp3) is 1.00. The third-order valence-electron chi connectivity index (χ3n) is 2.78. The summed E-state index contributed by atoms with van der Waals surface area (Å²) in [6, 6.07) is 0. The Bertz CT molecular complexity index is 128. The third-order valence-corrected chi connectivity index (χ3v) is 2.78. The minimum atomic E-state index is -0.155. The molecule has 0 aliphatic heterocycles. The SMILES string of the molecule is CCC(O)CCNCC(CN)C(C)C. The normalized spacial score (nSPS) is 15.9. The van der Waals surface area contributed by atoms with Crippen LogP contribution in [0, 0.1) is 11.8 Å². The van der Waals surface area contributed by atoms with E-state index in [1.807, 2.05) is 6.92 Å². The van der Waals surface area contributed by atoms with Crippen molar-refractivity contribution >= 4 is 0 Å². The van der Waals surface area contributed by atoms with Crippen LogP contribution in [0.3, 0.4) is 0 Å². The number of hydrogen-bond acceptors (Lipinski definition) is 3. The van der Waals surface area contributed by atoms with Crippen LogP contribution in [0.5, 0.6) is 0 Å². The van der Waals surface area contributed by atoms with Crippen molar-refractivity contribution in [3.63, 3.8) is 0 Å². The van der Waals surface area contributed by atoms with E-state index in [9.17, 15) is 5.11 Å². The number of nitrogens with one attached hydrogen (secondary N) is 1. The standard InChI is InChI=1S/C11H26N2O/c1-4-11(14)5-6-13-8-10(7-12)9(2)3/h9-11,13-14H,4-8,12H2,1-3H3. The zero-order valence-electron chi connectivity index (χ0n) is 9.79. The highest BCUT2D eigenvalue weighted by Crippen LogP contribution is 2.07. The monoisotopic (exact) mass is 202 g/mol. The topological polar surface area (TPSA) is 58.3 Å². The predicted octanol–water partition coefficient (Wildman–Crippen LogP) is 0.968. The summed E-state index contributed by atoms with van der Waals surface area (Å²) < 4.78 is 0. The summed E-state index contributed by atoms with van der Waals surface area (Å²) >= 11 is 0. The molecule has 0 spiro atoms. The molecule has 0 aromatic heterocycles. The molecule has 2 unspecified atom stereocenters. The van der Waals surface area contributed by atoms with Gasteiger partial charge < -0.3 is 16.2 Å². The Morgan fingerprint density at radius 3 is 2.43 bits per heavy atom. The molecule has 0 aliphatic rings. The second-order valence-corrected chi connectivity index (χ2v) is 4.29. The van der Waals surface area contributed by atoms with E-state index in [2.05, 4.69) is 19.2 Å². The van der Waals surface area contributed by atoms with Crippen LogP contribution in [-0.4, -0.2) is 30.8 Å². The summed E-state index contributed by atoms with van der Waals surface area (Å²) in [6.45, 7) is 8.98. The van der Waals surface area contributed by atoms with Gasteiger partial charge in [-0.3, -0.25) is 0 Å². The van der Waals surface area contributed by atoms with Crippen LogP contribution in [0.2, 0.25) is 0 Å². The largest absolute Gasteiger partial charge is 0.393 e. The smallest absolute Gasteiger partial charge is 0.0549 e. The summed E-state index contributed by atoms with van der Waals surface area (Å²) in [6.07, 6.45) is 1.52. The minimum absolute atomic E-state index is 0.155. The van der Waals surface area contributed by atoms with Crippen LogP contribution in [0.25, 0.3) is 0 Å². The van der Waals surface area contributed by atoms with Crippen molar-refractivity contribution in [1.82, 2.24) is 5.32 Å². The van der Waals surface area contributed by atoms with Gasteiger partial charge in [-0.15, -0.1) is 0 Å². The van der Waals surface area contributed by atoms with E-state index in [0.717, 1.165) is 32.5 Å². The van der Waals surface area contributed by atoms with E-state index >= 15 is 0 Å². The van der Waals surface area contributed by atoms with Gasteiger partial charge in [-0.05, 0) is 44.3 Å². The second kappa shape index (κ2) is 8.21. The van der Waals surface area contributed by atoms with Gasteiger partial charge >= 0.3 is 0 Å². The Morgan fingerprint density at radius 2 is 2.00 bits per heavy atom. The van der Waals surface area contributed by atoms with Gasteiger partial charge in [-0.1, -0.05) is 20.8 Å². The van der Waals surface area contributed by atoms with E-state index in [4.69, 9.17) is 5.73 Å². The maximum Gasteiger partial charge on any atom is 0.0549 e. The minimum Gasteiger partial charge on any atom is -0.393 e. The molecule has 0 saturated carbocycles. The van der Waals surface area contributed by atoms with Crippen molar-refractivity contribution in [3.8, 4) is 0 Å². The maximum absolute atomic E-state index is 9.32. The van der Waals surface area contributed by atoms with E-state index in [-0.39, 0.29) is 6.10 Å². The number of aliphatic hydroxyl groups is 1. The van der Waals surface area contributed by atoms with Crippen molar-refractivity contribution in [2.24, 2.45) is 17.6 Å². The Kier molecular flexibility index (Phi) is 8.14. The molecular weight excluding hydrogens is 176 g/mol. The fourth-order valence-corrected chi connectivity index (χ4v) is 1.35. The summed E-state index contributed by atoms with van der Waals surface area (Å²) in [5, 5.41) is 12.7. The molecule has 0 fully saturated rings. The average molecular weight is 202 g/mol. The van der Waals surface area contributed by atoms with Gasteiger partial charge in [-0.25, -0.2) is 0 Å². The lowest BCUT2D eigenvalue weighted by atomic mass is 9.96. The van der Waals surface area contributed by atoms with Gasteiger partial charge in [0.05, 0.1) is 6.10 Å². The van der Waals surface area contributed by atoms with Crippen LogP contribution >= 0.6 is 0 Å². The van der Waals surface area contributed by atoms with Crippen LogP contribution in [0.1, 0.15) is 33.6 Å². The first-order chi connectivity index (χ1) is 6.61. The first-order valence-corrected chi connectivity index (χ1v) is 5.70. The Morgan fingerprint density at radius 1 is 1.36 bits per heavy atom. The summed E-state index contributed by atoms with van der Waals surface area (Å²) in [5.41, 5.74) is 5.65. The highest BCUT2D eigenvalue weighted by atomic mass is 16.3. The first kappa shape index (κ1) is 13.9. The maximum atomic E-state index is 9.32. The number of aliphatic hydroxyl groups excluding tert-OH is 1. The molecule has 0 aromatic rings. The molecule has 86 valence electrons. The predicted molar refractivity (Wildman–Crippen MR) is 61.2 cm³/mol. The van der Waals surface area contributed by atoms with Crippen LogP contribution in [0.15, 0.2) is 0 Å². The number of rotatable bonds is 8. The highest BCUT2D eigenvalue weighted by Gasteiger charge is 2.10. The van der Waals surface area contributed by atoms with Crippen LogP contribution in [-0.2, 0) is 0 Å². The molecule has 0 heterocycles. The summed E-state index contributed by atoms with van der Waals surface area (Å²) in [5.74, 6) is 1.18. The van der Waals surface area contributed by atoms with Crippen LogP contribution < -0.4 is 11.1 Å². The van der Waals surface area contributed by atoms with Crippen molar-refractivity contribution in [2.75, 3.05) is 19.6 Å². The zero-order valence-corrected chi connectivity index (χ0v) is 9.79. The Balaban J connectivity index is 3.42. The molecule has 0 amide bonds. The van der Waals surface area contributed by atoms with Crippen molar-refractivity contribution in [1.29, 1.82) is 0 Å². The Labute approximate surface area is 88.1 Å². The van der Waals surface area contributed by atoms with Gasteiger partial charge in [0.2, 0.25) is 0 Å². The molecule has 4 N–H and O–H groups in total. The van der Waals surface area contributed by atoms with Gasteiger partial charge in [0.25, 0.3) is 0 Å². The molecule has 3 heteroatoms. The second-order valence-electron chi connectivity index (χ2n) is 4.29. The van der Waals surface area contributed by atoms with Crippen molar-refractivity contribution in [2.45, 2.75) is 39.7 Å². The lowest BCUT2D eigenvalue weighted by molar-refractivity contribution is 0.159. The van der Waals surface area contributed by atoms with Gasteiger partial charge in [0.1, 0.15) is 0 Å². The molecule has 3 nitrogen and oxygen atoms in total. The molecule has 0 bridgehead atoms. The molecule has 14 heavy (non-hydrogen) atoms. The molecule has 0 radical (unpaired) electrons. The van der Waals surface area contributed by atoms with Gasteiger partial charge in [0, 0.05) is 0 Å². The zero-order chi connectivity index (χ0) is 11.0. The van der Waals surface area contributed by atoms with Crippen molar-refractivity contribution < 1.29 is 5.11 Å². The third kappa shape index (κ3) is 6.35. The van der Waals surface area contributed by atoms with E-state index in [1.54, 1.807) is 0 Å². The fourth-order valence-electron chi connectivity index (χ4n) is 1.35. The lowest BCUT2D eigenvalue weighted by Gasteiger charge is -2.19. The number of nitrogens with two attached hydrogens (primary N) is 1. The van der Waals surface area contributed by atoms with Gasteiger partial charge in [-0.2, -0.15) is 0 Å². The van der Waals surface area contributed by atoms with Crippen molar-refractivity contribution in [3.05, 3.63) is 0 Å². The molecule has 0 saturated heterocycles. The quantitative estimate of drug-likeness (QED) is 0.514. The van der Waals surface area contributed by atoms with Gasteiger partial charge in [0.15, 0.2) is 0 Å². The molecule has 2 atom stereocenters. The van der Waals surface area contributed by atoms with E-state index in [0.29, 0.717) is 11.8 Å². The van der Waals surface area contributed by atoms with E-state index in [1.165, 1.54) is 0 Å². The summed E-state index contributed by atoms with van der Waals surface area (Å²) in [4.78, 5) is 0. The Hall–Kier alpha value is -0.120. The molecule has 0 aliphatic carbocycles. The highest BCUT2D eigenvalue weighted by molar-refractivity contribution is 4.67. The molecule has 0 rings (SSSR count). The first-order valence-electron chi connectivity index (χ1n) is 5.70. The number of hydrogen-bond donors (Lipinski definition) is 3. The van der Waals surface area contributed by atoms with E-state index < -0.39 is 0 Å².